The van der Waals surface area contributed by atoms with Crippen LogP contribution in [0.1, 0.15) is 11.8 Å². The zero-order valence-corrected chi connectivity index (χ0v) is 13.0. The molecule has 2 aromatic rings. The second-order valence-electron chi connectivity index (χ2n) is 4.22. The van der Waals surface area contributed by atoms with Crippen molar-refractivity contribution in [1.29, 1.82) is 0 Å². The zero-order chi connectivity index (χ0) is 14.6. The van der Waals surface area contributed by atoms with E-state index in [1.54, 1.807) is 25.4 Å². The maximum absolute atomic E-state index is 12.6. The molecule has 108 valence electrons. The quantitative estimate of drug-likeness (QED) is 0.890. The number of sulfonamides is 1. The van der Waals surface area contributed by atoms with Crippen LogP contribution in [-0.4, -0.2) is 31.3 Å². The SMILES string of the molecule is CCNc1ncccc1S(=O)(=O)N(C)Cc1cccs1. The summed E-state index contributed by atoms with van der Waals surface area (Å²) in [5.41, 5.74) is 0. The zero-order valence-electron chi connectivity index (χ0n) is 11.4. The summed E-state index contributed by atoms with van der Waals surface area (Å²) in [7, 11) is -1.97. The van der Waals surface area contributed by atoms with E-state index in [1.165, 1.54) is 15.6 Å². The van der Waals surface area contributed by atoms with Crippen LogP contribution in [0.4, 0.5) is 5.82 Å². The van der Waals surface area contributed by atoms with Gasteiger partial charge in [-0.25, -0.2) is 13.4 Å². The Kier molecular flexibility index (Phi) is 4.74. The van der Waals surface area contributed by atoms with E-state index in [-0.39, 0.29) is 4.90 Å². The second-order valence-corrected chi connectivity index (χ2v) is 7.27. The summed E-state index contributed by atoms with van der Waals surface area (Å²) in [6, 6.07) is 7.04. The molecule has 2 aromatic heterocycles. The number of thiophene rings is 1. The molecule has 2 rings (SSSR count). The minimum absolute atomic E-state index is 0.209. The minimum Gasteiger partial charge on any atom is -0.369 e. The average Bonchev–Trinajstić information content (AvgIpc) is 2.92. The minimum atomic E-state index is -3.55. The van der Waals surface area contributed by atoms with Crippen LogP contribution >= 0.6 is 11.3 Å². The standard InChI is InChI=1S/C13H17N3O2S2/c1-3-14-13-12(7-4-8-15-13)20(17,18)16(2)10-11-6-5-9-19-11/h4-9H,3,10H2,1-2H3,(H,14,15). The summed E-state index contributed by atoms with van der Waals surface area (Å²) in [6.45, 7) is 2.88. The fourth-order valence-corrected chi connectivity index (χ4v) is 3.88. The van der Waals surface area contributed by atoms with Crippen molar-refractivity contribution in [3.63, 3.8) is 0 Å². The number of rotatable bonds is 6. The second kappa shape index (κ2) is 6.34. The molecule has 0 bridgehead atoms. The number of nitrogens with zero attached hydrogens (tertiary/aromatic N) is 2. The Morgan fingerprint density at radius 2 is 2.15 bits per heavy atom. The Morgan fingerprint density at radius 1 is 1.35 bits per heavy atom. The van der Waals surface area contributed by atoms with E-state index in [0.29, 0.717) is 18.9 Å². The first-order chi connectivity index (χ1) is 9.55. The van der Waals surface area contributed by atoms with E-state index in [0.717, 1.165) is 4.88 Å². The Labute approximate surface area is 123 Å². The molecular formula is C13H17N3O2S2. The highest BCUT2D eigenvalue weighted by molar-refractivity contribution is 7.89. The number of aromatic nitrogens is 1. The van der Waals surface area contributed by atoms with Crippen LogP contribution in [0.25, 0.3) is 0 Å². The van der Waals surface area contributed by atoms with E-state index in [1.807, 2.05) is 24.4 Å². The Balaban J connectivity index is 2.30. The molecule has 0 saturated carbocycles. The fraction of sp³-hybridized carbons (Fsp3) is 0.308. The van der Waals surface area contributed by atoms with E-state index in [9.17, 15) is 8.42 Å². The summed E-state index contributed by atoms with van der Waals surface area (Å²) in [5, 5.41) is 4.92. The lowest BCUT2D eigenvalue weighted by Crippen LogP contribution is -2.27. The molecule has 7 heteroatoms. The van der Waals surface area contributed by atoms with Gasteiger partial charge in [-0.1, -0.05) is 6.07 Å². The van der Waals surface area contributed by atoms with Crippen LogP contribution in [-0.2, 0) is 16.6 Å². The maximum atomic E-state index is 12.6. The van der Waals surface area contributed by atoms with E-state index < -0.39 is 10.0 Å². The van der Waals surface area contributed by atoms with Gasteiger partial charge in [-0.15, -0.1) is 11.3 Å². The highest BCUT2D eigenvalue weighted by Crippen LogP contribution is 2.23. The molecule has 0 aliphatic carbocycles. The van der Waals surface area contributed by atoms with Crippen LogP contribution in [0, 0.1) is 0 Å². The highest BCUT2D eigenvalue weighted by Gasteiger charge is 2.24. The molecule has 0 saturated heterocycles. The van der Waals surface area contributed by atoms with Crippen molar-refractivity contribution in [1.82, 2.24) is 9.29 Å². The Hall–Kier alpha value is -1.44. The van der Waals surface area contributed by atoms with E-state index in [4.69, 9.17) is 0 Å². The van der Waals surface area contributed by atoms with Crippen molar-refractivity contribution in [2.75, 3.05) is 18.9 Å². The number of pyridine rings is 1. The van der Waals surface area contributed by atoms with Crippen LogP contribution < -0.4 is 5.32 Å². The first kappa shape index (κ1) is 15.0. The molecule has 5 nitrogen and oxygen atoms in total. The smallest absolute Gasteiger partial charge is 0.246 e. The van der Waals surface area contributed by atoms with Gasteiger partial charge in [-0.2, -0.15) is 4.31 Å². The van der Waals surface area contributed by atoms with Gasteiger partial charge in [0, 0.05) is 31.2 Å². The molecule has 0 aliphatic rings. The Morgan fingerprint density at radius 3 is 2.80 bits per heavy atom. The van der Waals surface area contributed by atoms with Crippen LogP contribution in [0.2, 0.25) is 0 Å². The number of hydrogen-bond acceptors (Lipinski definition) is 5. The molecule has 0 radical (unpaired) electrons. The molecule has 0 aliphatic heterocycles. The molecule has 0 aromatic carbocycles. The third-order valence-corrected chi connectivity index (χ3v) is 5.46. The predicted octanol–water partition coefficient (Wildman–Crippen LogP) is 2.40. The molecule has 0 amide bonds. The molecule has 0 unspecified atom stereocenters. The van der Waals surface area contributed by atoms with Crippen molar-refractivity contribution >= 4 is 27.2 Å². The summed E-state index contributed by atoms with van der Waals surface area (Å²) >= 11 is 1.54. The summed E-state index contributed by atoms with van der Waals surface area (Å²) in [4.78, 5) is 5.31. The van der Waals surface area contributed by atoms with Crippen molar-refractivity contribution in [3.8, 4) is 0 Å². The van der Waals surface area contributed by atoms with Gasteiger partial charge in [-0.05, 0) is 30.5 Å². The van der Waals surface area contributed by atoms with Gasteiger partial charge in [0.2, 0.25) is 10.0 Å². The van der Waals surface area contributed by atoms with Gasteiger partial charge in [0.05, 0.1) is 0 Å². The van der Waals surface area contributed by atoms with Gasteiger partial charge in [0.1, 0.15) is 10.7 Å². The highest BCUT2D eigenvalue weighted by atomic mass is 32.2. The largest absolute Gasteiger partial charge is 0.369 e. The van der Waals surface area contributed by atoms with E-state index >= 15 is 0 Å². The number of nitrogens with one attached hydrogen (secondary N) is 1. The summed E-state index contributed by atoms with van der Waals surface area (Å²) in [6.07, 6.45) is 1.58. The topological polar surface area (TPSA) is 62.3 Å². The summed E-state index contributed by atoms with van der Waals surface area (Å²) < 4.78 is 26.6. The van der Waals surface area contributed by atoms with Gasteiger partial charge in [0.25, 0.3) is 0 Å². The van der Waals surface area contributed by atoms with Gasteiger partial charge in [0.15, 0.2) is 0 Å². The average molecular weight is 311 g/mol. The molecule has 0 fully saturated rings. The Bertz CT molecular complexity index is 654. The third-order valence-electron chi connectivity index (χ3n) is 2.76. The van der Waals surface area contributed by atoms with Crippen LogP contribution in [0.3, 0.4) is 0 Å². The normalized spacial score (nSPS) is 11.8. The fourth-order valence-electron chi connectivity index (χ4n) is 1.77. The molecular weight excluding hydrogens is 294 g/mol. The lowest BCUT2D eigenvalue weighted by atomic mass is 10.4. The van der Waals surface area contributed by atoms with Crippen LogP contribution in [0.15, 0.2) is 40.7 Å². The van der Waals surface area contributed by atoms with Crippen molar-refractivity contribution in [2.45, 2.75) is 18.4 Å². The van der Waals surface area contributed by atoms with Gasteiger partial charge < -0.3 is 5.32 Å². The van der Waals surface area contributed by atoms with Crippen molar-refractivity contribution in [2.24, 2.45) is 0 Å². The lowest BCUT2D eigenvalue weighted by molar-refractivity contribution is 0.469. The van der Waals surface area contributed by atoms with E-state index in [2.05, 4.69) is 10.3 Å². The molecule has 0 atom stereocenters. The number of anilines is 1. The van der Waals surface area contributed by atoms with Crippen LogP contribution in [0.5, 0.6) is 0 Å². The molecule has 1 N–H and O–H groups in total. The number of hydrogen-bond donors (Lipinski definition) is 1. The summed E-state index contributed by atoms with van der Waals surface area (Å²) in [5.74, 6) is 0.396. The third kappa shape index (κ3) is 3.17. The molecule has 2 heterocycles. The van der Waals surface area contributed by atoms with Crippen molar-refractivity contribution in [3.05, 3.63) is 40.7 Å². The first-order valence-corrected chi connectivity index (χ1v) is 8.55. The van der Waals surface area contributed by atoms with Crippen molar-refractivity contribution < 1.29 is 8.42 Å². The molecule has 0 spiro atoms. The first-order valence-electron chi connectivity index (χ1n) is 6.23. The molecule has 20 heavy (non-hydrogen) atoms. The maximum Gasteiger partial charge on any atom is 0.246 e. The lowest BCUT2D eigenvalue weighted by Gasteiger charge is -2.18. The van der Waals surface area contributed by atoms with Gasteiger partial charge >= 0.3 is 0 Å². The predicted molar refractivity (Wildman–Crippen MR) is 81.4 cm³/mol. The van der Waals surface area contributed by atoms with Gasteiger partial charge in [-0.3, -0.25) is 0 Å². The monoisotopic (exact) mass is 311 g/mol.